The number of halogens is 2. The van der Waals surface area contributed by atoms with E-state index in [1.54, 1.807) is 0 Å². The van der Waals surface area contributed by atoms with Gasteiger partial charge in [0.05, 0.1) is 0 Å². The fraction of sp³-hybridized carbons (Fsp3) is 0.625. The Morgan fingerprint density at radius 2 is 1.90 bits per heavy atom. The summed E-state index contributed by atoms with van der Waals surface area (Å²) in [6, 6.07) is 6.43. The van der Waals surface area contributed by atoms with E-state index in [1.165, 1.54) is 44.5 Å². The average Bonchev–Trinajstić information content (AvgIpc) is 2.44. The first-order valence-corrected chi connectivity index (χ1v) is 9.11. The van der Waals surface area contributed by atoms with Crippen LogP contribution >= 0.6 is 31.9 Å². The van der Waals surface area contributed by atoms with Gasteiger partial charge in [-0.25, -0.2) is 0 Å². The zero-order valence-electron chi connectivity index (χ0n) is 12.2. The molecule has 0 radical (unpaired) electrons. The Hall–Kier alpha value is 0.1000. The maximum absolute atomic E-state index is 3.57. The van der Waals surface area contributed by atoms with Gasteiger partial charge in [0.25, 0.3) is 0 Å². The second-order valence-corrected chi connectivity index (χ2v) is 7.55. The number of rotatable bonds is 6. The topological polar surface area (TPSA) is 15.3 Å². The molecule has 0 amide bonds. The van der Waals surface area contributed by atoms with Crippen LogP contribution in [0.25, 0.3) is 0 Å². The van der Waals surface area contributed by atoms with E-state index in [0.717, 1.165) is 22.0 Å². The first-order valence-electron chi connectivity index (χ1n) is 7.52. The molecule has 1 aromatic rings. The summed E-state index contributed by atoms with van der Waals surface area (Å²) >= 11 is 7.05. The lowest BCUT2D eigenvalue weighted by Crippen LogP contribution is -2.36. The van der Waals surface area contributed by atoms with Crippen LogP contribution in [-0.4, -0.2) is 31.1 Å². The van der Waals surface area contributed by atoms with Crippen LogP contribution in [0.3, 0.4) is 0 Å². The molecule has 1 heterocycles. The van der Waals surface area contributed by atoms with Gasteiger partial charge in [0.15, 0.2) is 0 Å². The Bertz CT molecular complexity index is 417. The largest absolute Gasteiger partial charge is 0.312 e. The van der Waals surface area contributed by atoms with Crippen LogP contribution < -0.4 is 5.32 Å². The molecular formula is C16H24Br2N2. The van der Waals surface area contributed by atoms with Crippen LogP contribution in [0.1, 0.15) is 31.7 Å². The fourth-order valence-corrected chi connectivity index (χ4v) is 3.43. The van der Waals surface area contributed by atoms with Crippen LogP contribution in [0.4, 0.5) is 0 Å². The Balaban J connectivity index is 1.67. The molecule has 1 aliphatic heterocycles. The molecule has 1 unspecified atom stereocenters. The molecule has 2 rings (SSSR count). The summed E-state index contributed by atoms with van der Waals surface area (Å²) in [5, 5.41) is 3.57. The molecule has 112 valence electrons. The number of hydrogen-bond donors (Lipinski definition) is 1. The molecule has 1 aromatic carbocycles. The highest BCUT2D eigenvalue weighted by Gasteiger charge is 2.13. The predicted molar refractivity (Wildman–Crippen MR) is 93.0 cm³/mol. The molecule has 0 saturated carbocycles. The first-order chi connectivity index (χ1) is 9.65. The highest BCUT2D eigenvalue weighted by molar-refractivity contribution is 9.13. The van der Waals surface area contributed by atoms with Crippen molar-refractivity contribution in [2.75, 3.05) is 26.2 Å². The summed E-state index contributed by atoms with van der Waals surface area (Å²) in [5.74, 6) is 0.715. The van der Waals surface area contributed by atoms with Crippen molar-refractivity contribution in [1.29, 1.82) is 0 Å². The molecule has 2 nitrogen and oxygen atoms in total. The lowest BCUT2D eigenvalue weighted by atomic mass is 10.1. The van der Waals surface area contributed by atoms with E-state index < -0.39 is 0 Å². The molecule has 1 atom stereocenters. The van der Waals surface area contributed by atoms with E-state index in [9.17, 15) is 0 Å². The van der Waals surface area contributed by atoms with Crippen LogP contribution in [0.2, 0.25) is 0 Å². The number of nitrogens with zero attached hydrogens (tertiary/aromatic N) is 1. The monoisotopic (exact) mass is 402 g/mol. The number of likely N-dealkylation sites (tertiary alicyclic amines) is 1. The molecule has 20 heavy (non-hydrogen) atoms. The van der Waals surface area contributed by atoms with Crippen LogP contribution in [-0.2, 0) is 6.54 Å². The van der Waals surface area contributed by atoms with E-state index >= 15 is 0 Å². The Labute approximate surface area is 139 Å². The minimum Gasteiger partial charge on any atom is -0.312 e. The van der Waals surface area contributed by atoms with Gasteiger partial charge in [0.1, 0.15) is 0 Å². The summed E-state index contributed by atoms with van der Waals surface area (Å²) in [6.07, 6.45) is 4.18. The summed E-state index contributed by atoms with van der Waals surface area (Å²) in [4.78, 5) is 2.62. The van der Waals surface area contributed by atoms with Crippen molar-refractivity contribution in [3.8, 4) is 0 Å². The van der Waals surface area contributed by atoms with Gasteiger partial charge < -0.3 is 10.2 Å². The standard InChI is InChI=1S/C16H24Br2N2/c1-13(12-20-7-3-2-4-8-20)10-19-11-14-5-6-15(17)16(18)9-14/h5-6,9,13,19H,2-4,7-8,10-12H2,1H3. The molecule has 0 aliphatic carbocycles. The zero-order valence-corrected chi connectivity index (χ0v) is 15.3. The van der Waals surface area contributed by atoms with Gasteiger partial charge in [-0.05, 0) is 87.9 Å². The van der Waals surface area contributed by atoms with Crippen molar-refractivity contribution in [2.24, 2.45) is 5.92 Å². The number of benzene rings is 1. The maximum atomic E-state index is 3.57. The van der Waals surface area contributed by atoms with Gasteiger partial charge in [-0.15, -0.1) is 0 Å². The first kappa shape index (κ1) is 16.5. The normalized spacial score (nSPS) is 18.1. The van der Waals surface area contributed by atoms with Gasteiger partial charge in [0.2, 0.25) is 0 Å². The minimum absolute atomic E-state index is 0.715. The Kier molecular flexibility index (Phi) is 7.02. The maximum Gasteiger partial charge on any atom is 0.0320 e. The minimum atomic E-state index is 0.715. The summed E-state index contributed by atoms with van der Waals surface area (Å²) in [6.45, 7) is 8.20. The summed E-state index contributed by atoms with van der Waals surface area (Å²) in [5.41, 5.74) is 1.32. The molecular weight excluding hydrogens is 380 g/mol. The lowest BCUT2D eigenvalue weighted by Gasteiger charge is -2.29. The third kappa shape index (κ3) is 5.47. The lowest BCUT2D eigenvalue weighted by molar-refractivity contribution is 0.199. The van der Waals surface area contributed by atoms with Crippen molar-refractivity contribution < 1.29 is 0 Å². The van der Waals surface area contributed by atoms with Crippen LogP contribution in [0.15, 0.2) is 27.1 Å². The summed E-state index contributed by atoms with van der Waals surface area (Å²) < 4.78 is 2.23. The fourth-order valence-electron chi connectivity index (χ4n) is 2.76. The quantitative estimate of drug-likeness (QED) is 0.755. The van der Waals surface area contributed by atoms with E-state index in [2.05, 4.69) is 67.2 Å². The number of piperidine rings is 1. The average molecular weight is 404 g/mol. The van der Waals surface area contributed by atoms with Gasteiger partial charge in [-0.3, -0.25) is 0 Å². The van der Waals surface area contributed by atoms with E-state index in [1.807, 2.05) is 0 Å². The molecule has 1 aliphatic rings. The van der Waals surface area contributed by atoms with Gasteiger partial charge in [0, 0.05) is 22.0 Å². The van der Waals surface area contributed by atoms with E-state index in [4.69, 9.17) is 0 Å². The van der Waals surface area contributed by atoms with Crippen molar-refractivity contribution in [3.05, 3.63) is 32.7 Å². The third-order valence-electron chi connectivity index (χ3n) is 3.82. The SMILES string of the molecule is CC(CNCc1ccc(Br)c(Br)c1)CN1CCCCC1. The van der Waals surface area contributed by atoms with Gasteiger partial charge in [-0.1, -0.05) is 19.4 Å². The zero-order chi connectivity index (χ0) is 14.4. The number of nitrogens with one attached hydrogen (secondary N) is 1. The van der Waals surface area contributed by atoms with Crippen molar-refractivity contribution in [3.63, 3.8) is 0 Å². The van der Waals surface area contributed by atoms with Crippen LogP contribution in [0.5, 0.6) is 0 Å². The molecule has 4 heteroatoms. The van der Waals surface area contributed by atoms with Crippen molar-refractivity contribution >= 4 is 31.9 Å². The molecule has 1 fully saturated rings. The smallest absolute Gasteiger partial charge is 0.0320 e. The van der Waals surface area contributed by atoms with E-state index in [0.29, 0.717) is 5.92 Å². The molecule has 1 N–H and O–H groups in total. The molecule has 0 bridgehead atoms. The predicted octanol–water partition coefficient (Wildman–Crippen LogP) is 4.42. The third-order valence-corrected chi connectivity index (χ3v) is 5.70. The summed E-state index contributed by atoms with van der Waals surface area (Å²) in [7, 11) is 0. The highest BCUT2D eigenvalue weighted by atomic mass is 79.9. The second kappa shape index (κ2) is 8.52. The van der Waals surface area contributed by atoms with Gasteiger partial charge >= 0.3 is 0 Å². The molecule has 0 spiro atoms. The van der Waals surface area contributed by atoms with Gasteiger partial charge in [-0.2, -0.15) is 0 Å². The Morgan fingerprint density at radius 1 is 1.15 bits per heavy atom. The van der Waals surface area contributed by atoms with Crippen molar-refractivity contribution in [2.45, 2.75) is 32.7 Å². The van der Waals surface area contributed by atoms with E-state index in [-0.39, 0.29) is 0 Å². The van der Waals surface area contributed by atoms with Crippen molar-refractivity contribution in [1.82, 2.24) is 10.2 Å². The molecule has 0 aromatic heterocycles. The Morgan fingerprint density at radius 3 is 2.60 bits per heavy atom. The van der Waals surface area contributed by atoms with Crippen LogP contribution in [0, 0.1) is 5.92 Å². The number of hydrogen-bond acceptors (Lipinski definition) is 2. The molecule has 1 saturated heterocycles. The highest BCUT2D eigenvalue weighted by Crippen LogP contribution is 2.23. The second-order valence-electron chi connectivity index (χ2n) is 5.85.